The third kappa shape index (κ3) is 2.21. The molecule has 3 rings (SSSR count). The molecule has 0 heterocycles. The van der Waals surface area contributed by atoms with E-state index in [0.717, 1.165) is 16.3 Å². The largest absolute Gasteiger partial charge is 0.289 e. The first-order chi connectivity index (χ1) is 9.66. The fraction of sp³-hybridized carbons (Fsp3) is 0.0556. The second-order valence-corrected chi connectivity index (χ2v) is 5.25. The monoisotopic (exact) mass is 280 g/mol. The van der Waals surface area contributed by atoms with Crippen molar-refractivity contribution < 1.29 is 4.79 Å². The first-order valence-corrected chi connectivity index (χ1v) is 6.83. The first kappa shape index (κ1) is 12.9. The van der Waals surface area contributed by atoms with Crippen molar-refractivity contribution in [1.29, 1.82) is 0 Å². The zero-order valence-electron chi connectivity index (χ0n) is 11.1. The van der Waals surface area contributed by atoms with Crippen molar-refractivity contribution >= 4 is 28.2 Å². The molecular formula is C18H13ClO. The van der Waals surface area contributed by atoms with Crippen molar-refractivity contribution in [2.24, 2.45) is 0 Å². The summed E-state index contributed by atoms with van der Waals surface area (Å²) in [5.41, 5.74) is 2.28. The van der Waals surface area contributed by atoms with E-state index in [0.29, 0.717) is 16.1 Å². The summed E-state index contributed by atoms with van der Waals surface area (Å²) in [5, 5.41) is 2.51. The Hall–Kier alpha value is -2.12. The lowest BCUT2D eigenvalue weighted by molar-refractivity contribution is 0.104. The minimum absolute atomic E-state index is 0.0354. The predicted octanol–water partition coefficient (Wildman–Crippen LogP) is 5.03. The molecule has 0 unspecified atom stereocenters. The van der Waals surface area contributed by atoms with Gasteiger partial charge in [0.25, 0.3) is 0 Å². The molecule has 20 heavy (non-hydrogen) atoms. The smallest absolute Gasteiger partial charge is 0.195 e. The van der Waals surface area contributed by atoms with Crippen molar-refractivity contribution in [3.05, 3.63) is 82.4 Å². The molecule has 1 nitrogen and oxygen atoms in total. The predicted molar refractivity (Wildman–Crippen MR) is 83.6 cm³/mol. The molecule has 0 aromatic heterocycles. The molecule has 0 aliphatic rings. The molecule has 0 amide bonds. The molecule has 0 atom stereocenters. The zero-order chi connectivity index (χ0) is 14.1. The summed E-state index contributed by atoms with van der Waals surface area (Å²) in [6.45, 7) is 1.96. The number of halogens is 1. The molecule has 0 fully saturated rings. The van der Waals surface area contributed by atoms with Crippen molar-refractivity contribution in [3.8, 4) is 0 Å². The van der Waals surface area contributed by atoms with Crippen LogP contribution in [0.15, 0.2) is 60.7 Å². The van der Waals surface area contributed by atoms with E-state index in [-0.39, 0.29) is 5.78 Å². The highest BCUT2D eigenvalue weighted by Crippen LogP contribution is 2.25. The lowest BCUT2D eigenvalue weighted by Crippen LogP contribution is -2.03. The Morgan fingerprint density at radius 2 is 1.65 bits per heavy atom. The summed E-state index contributed by atoms with van der Waals surface area (Å²) >= 11 is 6.20. The molecule has 2 heteroatoms. The van der Waals surface area contributed by atoms with Crippen molar-refractivity contribution in [3.63, 3.8) is 0 Å². The number of aryl methyl sites for hydroxylation is 1. The van der Waals surface area contributed by atoms with Crippen LogP contribution in [-0.2, 0) is 0 Å². The number of carbonyl (C=O) groups excluding carboxylic acids is 1. The first-order valence-electron chi connectivity index (χ1n) is 6.45. The Morgan fingerprint density at radius 3 is 2.45 bits per heavy atom. The minimum Gasteiger partial charge on any atom is -0.289 e. The topological polar surface area (TPSA) is 17.1 Å². The van der Waals surface area contributed by atoms with Gasteiger partial charge in [-0.1, -0.05) is 60.1 Å². The maximum atomic E-state index is 12.7. The molecule has 0 saturated heterocycles. The highest BCUT2D eigenvalue weighted by Gasteiger charge is 2.15. The lowest BCUT2D eigenvalue weighted by Gasteiger charge is -2.08. The van der Waals surface area contributed by atoms with Gasteiger partial charge in [0, 0.05) is 11.1 Å². The Kier molecular flexibility index (Phi) is 3.29. The quantitative estimate of drug-likeness (QED) is 0.602. The molecule has 0 spiro atoms. The van der Waals surface area contributed by atoms with E-state index >= 15 is 0 Å². The van der Waals surface area contributed by atoms with Crippen LogP contribution in [0.2, 0.25) is 5.02 Å². The van der Waals surface area contributed by atoms with E-state index in [2.05, 4.69) is 0 Å². The number of rotatable bonds is 2. The number of benzene rings is 3. The van der Waals surface area contributed by atoms with E-state index in [1.54, 1.807) is 6.07 Å². The third-order valence-corrected chi connectivity index (χ3v) is 3.72. The highest BCUT2D eigenvalue weighted by molar-refractivity contribution is 6.35. The van der Waals surface area contributed by atoms with E-state index in [4.69, 9.17) is 11.6 Å². The number of hydrogen-bond acceptors (Lipinski definition) is 1. The molecule has 0 saturated carbocycles. The minimum atomic E-state index is -0.0354. The summed E-state index contributed by atoms with van der Waals surface area (Å²) in [7, 11) is 0. The summed E-state index contributed by atoms with van der Waals surface area (Å²) in [4.78, 5) is 12.7. The SMILES string of the molecule is Cc1ccc(C(=O)c2cccc3ccccc23)c(Cl)c1. The molecule has 3 aromatic rings. The van der Waals surface area contributed by atoms with Gasteiger partial charge in [0.05, 0.1) is 5.02 Å². The highest BCUT2D eigenvalue weighted by atomic mass is 35.5. The van der Waals surface area contributed by atoms with Crippen LogP contribution in [0.25, 0.3) is 10.8 Å². The Bertz CT molecular complexity index is 800. The maximum absolute atomic E-state index is 12.7. The van der Waals surface area contributed by atoms with Crippen LogP contribution in [-0.4, -0.2) is 5.78 Å². The zero-order valence-corrected chi connectivity index (χ0v) is 11.8. The van der Waals surface area contributed by atoms with Gasteiger partial charge in [-0.3, -0.25) is 4.79 Å². The summed E-state index contributed by atoms with van der Waals surface area (Å²) in [6, 6.07) is 19.1. The fourth-order valence-corrected chi connectivity index (χ4v) is 2.69. The lowest BCUT2D eigenvalue weighted by atomic mass is 9.97. The van der Waals surface area contributed by atoms with Crippen LogP contribution in [0.4, 0.5) is 0 Å². The molecular weight excluding hydrogens is 268 g/mol. The number of ketones is 1. The number of hydrogen-bond donors (Lipinski definition) is 0. The molecule has 0 bridgehead atoms. The fourth-order valence-electron chi connectivity index (χ4n) is 2.37. The summed E-state index contributed by atoms with van der Waals surface area (Å²) in [5.74, 6) is -0.0354. The Morgan fingerprint density at radius 1 is 0.900 bits per heavy atom. The van der Waals surface area contributed by atoms with Gasteiger partial charge in [-0.2, -0.15) is 0 Å². The van der Waals surface area contributed by atoms with Gasteiger partial charge in [0.1, 0.15) is 0 Å². The van der Waals surface area contributed by atoms with Crippen LogP contribution in [0.3, 0.4) is 0 Å². The van der Waals surface area contributed by atoms with E-state index in [1.807, 2.05) is 61.5 Å². The number of carbonyl (C=O) groups is 1. The second kappa shape index (κ2) is 5.10. The van der Waals surface area contributed by atoms with E-state index in [9.17, 15) is 4.79 Å². The summed E-state index contributed by atoms with van der Waals surface area (Å²) in [6.07, 6.45) is 0. The maximum Gasteiger partial charge on any atom is 0.195 e. The van der Waals surface area contributed by atoms with Crippen LogP contribution < -0.4 is 0 Å². The van der Waals surface area contributed by atoms with E-state index in [1.165, 1.54) is 0 Å². The molecule has 98 valence electrons. The van der Waals surface area contributed by atoms with Gasteiger partial charge in [-0.15, -0.1) is 0 Å². The van der Waals surface area contributed by atoms with Gasteiger partial charge >= 0.3 is 0 Å². The van der Waals surface area contributed by atoms with Crippen LogP contribution >= 0.6 is 11.6 Å². The van der Waals surface area contributed by atoms with Crippen molar-refractivity contribution in [1.82, 2.24) is 0 Å². The van der Waals surface area contributed by atoms with Gasteiger partial charge < -0.3 is 0 Å². The molecule has 0 N–H and O–H groups in total. The van der Waals surface area contributed by atoms with E-state index < -0.39 is 0 Å². The Labute approximate surface area is 122 Å². The molecule has 0 aliphatic carbocycles. The second-order valence-electron chi connectivity index (χ2n) is 4.84. The normalized spacial score (nSPS) is 10.7. The van der Waals surface area contributed by atoms with Gasteiger partial charge in [-0.25, -0.2) is 0 Å². The van der Waals surface area contributed by atoms with Gasteiger partial charge in [0.15, 0.2) is 5.78 Å². The third-order valence-electron chi connectivity index (χ3n) is 3.40. The van der Waals surface area contributed by atoms with Crippen molar-refractivity contribution in [2.45, 2.75) is 6.92 Å². The van der Waals surface area contributed by atoms with Crippen molar-refractivity contribution in [2.75, 3.05) is 0 Å². The van der Waals surface area contributed by atoms with Crippen LogP contribution in [0, 0.1) is 6.92 Å². The molecule has 3 aromatic carbocycles. The standard InChI is InChI=1S/C18H13ClO/c1-12-9-10-16(17(19)11-12)18(20)15-8-4-6-13-5-2-3-7-14(13)15/h2-11H,1H3. The van der Waals surface area contributed by atoms with Crippen LogP contribution in [0.1, 0.15) is 21.5 Å². The summed E-state index contributed by atoms with van der Waals surface area (Å²) < 4.78 is 0. The average Bonchev–Trinajstić information content (AvgIpc) is 2.46. The molecule has 0 radical (unpaired) electrons. The molecule has 0 aliphatic heterocycles. The number of fused-ring (bicyclic) bond motifs is 1. The average molecular weight is 281 g/mol. The van der Waals surface area contributed by atoms with Gasteiger partial charge in [0.2, 0.25) is 0 Å². The van der Waals surface area contributed by atoms with Gasteiger partial charge in [-0.05, 0) is 35.4 Å². The Balaban J connectivity index is 2.18. The van der Waals surface area contributed by atoms with Crippen LogP contribution in [0.5, 0.6) is 0 Å².